The number of carbonyl (C=O) groups is 1. The van der Waals surface area contributed by atoms with Crippen LogP contribution in [0.1, 0.15) is 48.9 Å². The number of benzene rings is 1. The maximum Gasteiger partial charge on any atom is 0.253 e. The molecule has 2 saturated heterocycles. The van der Waals surface area contributed by atoms with Gasteiger partial charge in [-0.15, -0.1) is 0 Å². The highest BCUT2D eigenvalue weighted by Gasteiger charge is 2.29. The van der Waals surface area contributed by atoms with E-state index < -0.39 is 0 Å². The number of nitrogens with one attached hydrogen (secondary N) is 2. The fraction of sp³-hybridized carbons (Fsp3) is 0.517. The van der Waals surface area contributed by atoms with E-state index in [4.69, 9.17) is 21.1 Å². The number of amides is 1. The molecule has 1 saturated carbocycles. The summed E-state index contributed by atoms with van der Waals surface area (Å²) in [5.41, 5.74) is 4.19. The van der Waals surface area contributed by atoms with Crippen molar-refractivity contribution in [3.63, 3.8) is 0 Å². The normalized spacial score (nSPS) is 19.8. The molecule has 0 atom stereocenters. The predicted molar refractivity (Wildman–Crippen MR) is 150 cm³/mol. The van der Waals surface area contributed by atoms with Gasteiger partial charge >= 0.3 is 0 Å². The van der Waals surface area contributed by atoms with Gasteiger partial charge in [-0.1, -0.05) is 24.4 Å². The Hall–Kier alpha value is -2.81. The molecule has 1 aliphatic carbocycles. The van der Waals surface area contributed by atoms with Crippen LogP contribution in [0.3, 0.4) is 0 Å². The average molecular weight is 538 g/mol. The van der Waals surface area contributed by atoms with Gasteiger partial charge in [0.05, 0.1) is 36.4 Å². The zero-order valence-corrected chi connectivity index (χ0v) is 22.7. The van der Waals surface area contributed by atoms with E-state index in [0.717, 1.165) is 92.9 Å². The lowest BCUT2D eigenvalue weighted by molar-refractivity contribution is 0.00159. The molecule has 202 valence electrons. The van der Waals surface area contributed by atoms with Crippen molar-refractivity contribution in [2.24, 2.45) is 0 Å². The Morgan fingerprint density at radius 2 is 1.87 bits per heavy atom. The number of aromatic nitrogens is 2. The summed E-state index contributed by atoms with van der Waals surface area (Å²) < 4.78 is 11.3. The number of methoxy groups -OCH3 is 1. The molecule has 0 unspecified atom stereocenters. The number of pyridine rings is 1. The van der Waals surface area contributed by atoms with Gasteiger partial charge < -0.3 is 24.7 Å². The van der Waals surface area contributed by atoms with Crippen LogP contribution in [-0.2, 0) is 4.74 Å². The van der Waals surface area contributed by atoms with Gasteiger partial charge in [-0.3, -0.25) is 9.69 Å². The number of likely N-dealkylation sites (tertiary alicyclic amines) is 1. The molecule has 1 aromatic carbocycles. The number of fused-ring (bicyclic) bond motifs is 1. The maximum absolute atomic E-state index is 13.5. The molecule has 3 aromatic rings. The summed E-state index contributed by atoms with van der Waals surface area (Å²) in [7, 11) is 1.65. The van der Waals surface area contributed by atoms with E-state index >= 15 is 0 Å². The van der Waals surface area contributed by atoms with E-state index in [1.165, 1.54) is 12.8 Å². The van der Waals surface area contributed by atoms with Crippen molar-refractivity contribution in [2.45, 2.75) is 50.6 Å². The van der Waals surface area contributed by atoms with Gasteiger partial charge in [-0.25, -0.2) is 4.98 Å². The Balaban J connectivity index is 1.25. The van der Waals surface area contributed by atoms with Gasteiger partial charge in [-0.2, -0.15) is 0 Å². The monoisotopic (exact) mass is 537 g/mol. The standard InChI is InChI=1S/C29H36ClN5O3/c1-37-25-16-19(29(36)35-10-8-21(9-11-35)34-12-14-38-15-13-34)6-7-22(25)23-17-31-28-26(24(30)18-32-28)27(23)33-20-4-2-3-5-20/h6-7,16-18,20-21H,2-5,8-15H2,1H3,(H2,31,32,33). The highest BCUT2D eigenvalue weighted by molar-refractivity contribution is 6.36. The quantitative estimate of drug-likeness (QED) is 0.450. The highest BCUT2D eigenvalue weighted by atomic mass is 35.5. The third-order valence-corrected chi connectivity index (χ3v) is 8.71. The van der Waals surface area contributed by atoms with Crippen molar-refractivity contribution in [2.75, 3.05) is 51.8 Å². The molecule has 9 heteroatoms. The number of rotatable bonds is 6. The first kappa shape index (κ1) is 25.5. The van der Waals surface area contributed by atoms with Crippen molar-refractivity contribution in [1.82, 2.24) is 19.8 Å². The molecular formula is C29H36ClN5O3. The lowest BCUT2D eigenvalue weighted by Crippen LogP contribution is -2.50. The van der Waals surface area contributed by atoms with Crippen molar-refractivity contribution in [3.05, 3.63) is 41.2 Å². The zero-order valence-electron chi connectivity index (χ0n) is 22.0. The Morgan fingerprint density at radius 3 is 2.61 bits per heavy atom. The zero-order chi connectivity index (χ0) is 26.1. The minimum atomic E-state index is 0.0573. The summed E-state index contributed by atoms with van der Waals surface area (Å²) in [6.45, 7) is 5.14. The number of anilines is 1. The number of morpholine rings is 1. The van der Waals surface area contributed by atoms with E-state index in [-0.39, 0.29) is 5.91 Å². The minimum Gasteiger partial charge on any atom is -0.496 e. The third-order valence-electron chi connectivity index (χ3n) is 8.41. The first-order chi connectivity index (χ1) is 18.6. The van der Waals surface area contributed by atoms with Crippen LogP contribution in [0, 0.1) is 0 Å². The van der Waals surface area contributed by atoms with Crippen LogP contribution in [0.4, 0.5) is 5.69 Å². The molecule has 2 N–H and O–H groups in total. The molecule has 1 amide bonds. The van der Waals surface area contributed by atoms with Crippen LogP contribution in [0.25, 0.3) is 22.2 Å². The fourth-order valence-electron chi connectivity index (χ4n) is 6.29. The first-order valence-electron chi connectivity index (χ1n) is 13.8. The second-order valence-electron chi connectivity index (χ2n) is 10.6. The smallest absolute Gasteiger partial charge is 0.253 e. The molecule has 6 rings (SSSR count). The number of carbonyl (C=O) groups excluding carboxylic acids is 1. The maximum atomic E-state index is 13.5. The van der Waals surface area contributed by atoms with Crippen LogP contribution >= 0.6 is 11.6 Å². The SMILES string of the molecule is COc1cc(C(=O)N2CCC(N3CCOCC3)CC2)ccc1-c1cnc2[nH]cc(Cl)c2c1NC1CCCC1. The van der Waals surface area contributed by atoms with Crippen LogP contribution < -0.4 is 10.1 Å². The van der Waals surface area contributed by atoms with Crippen LogP contribution in [0.15, 0.2) is 30.6 Å². The highest BCUT2D eigenvalue weighted by Crippen LogP contribution is 2.42. The van der Waals surface area contributed by atoms with E-state index in [1.807, 2.05) is 29.3 Å². The number of hydrogen-bond donors (Lipinski definition) is 2. The summed E-state index contributed by atoms with van der Waals surface area (Å²) in [5, 5.41) is 5.29. The van der Waals surface area contributed by atoms with E-state index in [1.54, 1.807) is 13.3 Å². The number of H-pyrrole nitrogens is 1. The molecule has 3 aliphatic rings. The van der Waals surface area contributed by atoms with Crippen molar-refractivity contribution < 1.29 is 14.3 Å². The predicted octanol–water partition coefficient (Wildman–Crippen LogP) is 5.18. The Kier molecular flexibility index (Phi) is 7.45. The summed E-state index contributed by atoms with van der Waals surface area (Å²) in [6, 6.07) is 6.70. The Labute approximate surface area is 228 Å². The lowest BCUT2D eigenvalue weighted by Gasteiger charge is -2.40. The van der Waals surface area contributed by atoms with E-state index in [0.29, 0.717) is 28.4 Å². The molecule has 0 radical (unpaired) electrons. The Morgan fingerprint density at radius 1 is 1.11 bits per heavy atom. The van der Waals surface area contributed by atoms with Gasteiger partial charge in [-0.05, 0) is 43.9 Å². The van der Waals surface area contributed by atoms with Crippen molar-refractivity contribution in [3.8, 4) is 16.9 Å². The molecule has 0 bridgehead atoms. The first-order valence-corrected chi connectivity index (χ1v) is 14.2. The summed E-state index contributed by atoms with van der Waals surface area (Å²) in [4.78, 5) is 25.8. The van der Waals surface area contributed by atoms with Crippen molar-refractivity contribution >= 4 is 34.2 Å². The van der Waals surface area contributed by atoms with Crippen molar-refractivity contribution in [1.29, 1.82) is 0 Å². The molecule has 4 heterocycles. The summed E-state index contributed by atoms with van der Waals surface area (Å²) in [5.74, 6) is 0.711. The van der Waals surface area contributed by atoms with Gasteiger partial charge in [0.25, 0.3) is 5.91 Å². The molecule has 0 spiro atoms. The third kappa shape index (κ3) is 4.97. The van der Waals surface area contributed by atoms with Crippen LogP contribution in [0.5, 0.6) is 5.75 Å². The second kappa shape index (κ2) is 11.1. The molecule has 2 aliphatic heterocycles. The molecule has 38 heavy (non-hydrogen) atoms. The van der Waals surface area contributed by atoms with E-state index in [9.17, 15) is 4.79 Å². The van der Waals surface area contributed by atoms with Gasteiger partial charge in [0, 0.05) is 67.3 Å². The summed E-state index contributed by atoms with van der Waals surface area (Å²) in [6.07, 6.45) is 10.4. The van der Waals surface area contributed by atoms with Crippen LogP contribution in [-0.4, -0.2) is 84.3 Å². The molecular weight excluding hydrogens is 502 g/mol. The average Bonchev–Trinajstić information content (AvgIpc) is 3.63. The largest absolute Gasteiger partial charge is 0.496 e. The number of aromatic amines is 1. The number of halogens is 1. The number of ether oxygens (including phenoxy) is 2. The van der Waals surface area contributed by atoms with Crippen LogP contribution in [0.2, 0.25) is 5.02 Å². The minimum absolute atomic E-state index is 0.0573. The number of hydrogen-bond acceptors (Lipinski definition) is 6. The number of nitrogens with zero attached hydrogens (tertiary/aromatic N) is 3. The number of piperidine rings is 1. The summed E-state index contributed by atoms with van der Waals surface area (Å²) >= 11 is 6.61. The topological polar surface area (TPSA) is 82.7 Å². The molecule has 3 fully saturated rings. The second-order valence-corrected chi connectivity index (χ2v) is 11.0. The fourth-order valence-corrected chi connectivity index (χ4v) is 6.53. The van der Waals surface area contributed by atoms with E-state index in [2.05, 4.69) is 20.2 Å². The molecule has 2 aromatic heterocycles. The van der Waals surface area contributed by atoms with Gasteiger partial charge in [0.2, 0.25) is 0 Å². The van der Waals surface area contributed by atoms with Gasteiger partial charge in [0.15, 0.2) is 0 Å². The Bertz CT molecular complexity index is 1290. The molecule has 8 nitrogen and oxygen atoms in total. The van der Waals surface area contributed by atoms with Gasteiger partial charge in [0.1, 0.15) is 11.4 Å². The lowest BCUT2D eigenvalue weighted by atomic mass is 9.98.